The van der Waals surface area contributed by atoms with E-state index in [1.807, 2.05) is 11.0 Å². The molecule has 3 amide bonds. The fourth-order valence-electron chi connectivity index (χ4n) is 3.37. The second kappa shape index (κ2) is 10.3. The molecule has 3 rings (SSSR count). The first-order valence-corrected chi connectivity index (χ1v) is 10.1. The Morgan fingerprint density at radius 3 is 2.25 bits per heavy atom. The molecule has 2 aromatic rings. The Balaban J connectivity index is 1.45. The normalized spacial score (nSPS) is 15.2. The molecule has 10 heteroatoms. The van der Waals surface area contributed by atoms with Crippen molar-refractivity contribution in [3.05, 3.63) is 65.5 Å². The van der Waals surface area contributed by atoms with E-state index in [4.69, 9.17) is 0 Å². The molecule has 2 N–H and O–H groups in total. The zero-order chi connectivity index (χ0) is 23.3. The number of nitrogens with zero attached hydrogens (tertiary/aromatic N) is 2. The van der Waals surface area contributed by atoms with Crippen LogP contribution in [0.2, 0.25) is 0 Å². The van der Waals surface area contributed by atoms with Crippen molar-refractivity contribution in [2.75, 3.05) is 38.0 Å². The molecule has 0 aromatic heterocycles. The fourth-order valence-corrected chi connectivity index (χ4v) is 3.37. The van der Waals surface area contributed by atoms with Crippen molar-refractivity contribution in [3.63, 3.8) is 0 Å². The van der Waals surface area contributed by atoms with E-state index in [2.05, 4.69) is 10.6 Å². The number of anilines is 1. The lowest BCUT2D eigenvalue weighted by atomic mass is 10.1. The maximum Gasteiger partial charge on any atom is 0.253 e. The van der Waals surface area contributed by atoms with Crippen LogP contribution in [-0.4, -0.2) is 66.3 Å². The van der Waals surface area contributed by atoms with Crippen LogP contribution in [0.5, 0.6) is 0 Å². The van der Waals surface area contributed by atoms with Gasteiger partial charge in [-0.1, -0.05) is 18.2 Å². The zero-order valence-corrected chi connectivity index (χ0v) is 17.4. The Morgan fingerprint density at radius 1 is 0.938 bits per heavy atom. The summed E-state index contributed by atoms with van der Waals surface area (Å²) in [7, 11) is 0. The third-order valence-corrected chi connectivity index (χ3v) is 5.28. The average molecular weight is 448 g/mol. The molecule has 170 valence electrons. The number of nitrogens with one attached hydrogen (secondary N) is 2. The van der Waals surface area contributed by atoms with Gasteiger partial charge in [0.1, 0.15) is 0 Å². The number of carbonyl (C=O) groups is 3. The van der Waals surface area contributed by atoms with Gasteiger partial charge in [-0.3, -0.25) is 19.3 Å². The Kier molecular flexibility index (Phi) is 7.47. The molecule has 7 nitrogen and oxygen atoms in total. The molecular weight excluding hydrogens is 425 g/mol. The Morgan fingerprint density at radius 2 is 1.59 bits per heavy atom. The molecule has 1 saturated heterocycles. The molecule has 1 fully saturated rings. The van der Waals surface area contributed by atoms with Crippen LogP contribution in [-0.2, 0) is 9.59 Å². The van der Waals surface area contributed by atoms with Gasteiger partial charge in [-0.2, -0.15) is 0 Å². The van der Waals surface area contributed by atoms with E-state index < -0.39 is 47.5 Å². The molecule has 1 atom stereocenters. The van der Waals surface area contributed by atoms with Crippen molar-refractivity contribution in [2.24, 2.45) is 0 Å². The standard InChI is InChI=1S/C22H23F3N4O3/c1-14(28-9-11-29(12-10-28)22(32)15-5-3-2-4-6-15)21(31)26-13-18(30)27-17-8-7-16(23)19(24)20(17)25/h2-8,14H,9-13H2,1H3,(H,26,31)(H,27,30). The van der Waals surface area contributed by atoms with Crippen LogP contribution in [0.4, 0.5) is 18.9 Å². The lowest BCUT2D eigenvalue weighted by molar-refractivity contribution is -0.128. The predicted octanol–water partition coefficient (Wildman–Crippen LogP) is 2.01. The largest absolute Gasteiger partial charge is 0.346 e. The number of hydrogen-bond acceptors (Lipinski definition) is 4. The highest BCUT2D eigenvalue weighted by Gasteiger charge is 2.28. The van der Waals surface area contributed by atoms with Crippen molar-refractivity contribution in [1.29, 1.82) is 0 Å². The minimum atomic E-state index is -1.69. The molecule has 0 radical (unpaired) electrons. The molecule has 0 bridgehead atoms. The lowest BCUT2D eigenvalue weighted by Gasteiger charge is -2.37. The summed E-state index contributed by atoms with van der Waals surface area (Å²) < 4.78 is 39.8. The van der Waals surface area contributed by atoms with Gasteiger partial charge in [0.25, 0.3) is 5.91 Å². The SMILES string of the molecule is CC(C(=O)NCC(=O)Nc1ccc(F)c(F)c1F)N1CCN(C(=O)c2ccccc2)CC1. The number of piperazine rings is 1. The summed E-state index contributed by atoms with van der Waals surface area (Å²) in [5.74, 6) is -5.84. The van der Waals surface area contributed by atoms with Crippen molar-refractivity contribution < 1.29 is 27.6 Å². The van der Waals surface area contributed by atoms with E-state index in [-0.39, 0.29) is 5.91 Å². The third-order valence-electron chi connectivity index (χ3n) is 5.28. The highest BCUT2D eigenvalue weighted by molar-refractivity contribution is 5.95. The molecule has 1 heterocycles. The van der Waals surface area contributed by atoms with Crippen molar-refractivity contribution in [3.8, 4) is 0 Å². The van der Waals surface area contributed by atoms with E-state index in [1.165, 1.54) is 0 Å². The summed E-state index contributed by atoms with van der Waals surface area (Å²) in [4.78, 5) is 40.5. The quantitative estimate of drug-likeness (QED) is 0.663. The second-order valence-corrected chi connectivity index (χ2v) is 7.36. The van der Waals surface area contributed by atoms with E-state index >= 15 is 0 Å². The average Bonchev–Trinajstić information content (AvgIpc) is 2.82. The highest BCUT2D eigenvalue weighted by Crippen LogP contribution is 2.19. The minimum absolute atomic E-state index is 0.0662. The molecule has 1 aliphatic heterocycles. The van der Waals surface area contributed by atoms with Crippen LogP contribution >= 0.6 is 0 Å². The summed E-state index contributed by atoms with van der Waals surface area (Å²) in [5, 5.41) is 4.53. The first-order chi connectivity index (χ1) is 15.3. The first kappa shape index (κ1) is 23.3. The van der Waals surface area contributed by atoms with E-state index in [0.717, 1.165) is 6.07 Å². The van der Waals surface area contributed by atoms with E-state index in [1.54, 1.807) is 36.1 Å². The summed E-state index contributed by atoms with van der Waals surface area (Å²) in [6.07, 6.45) is 0. The van der Waals surface area contributed by atoms with Crippen molar-refractivity contribution >= 4 is 23.4 Å². The van der Waals surface area contributed by atoms with Gasteiger partial charge in [0.2, 0.25) is 11.8 Å². The van der Waals surface area contributed by atoms with Crippen LogP contribution in [0.1, 0.15) is 17.3 Å². The summed E-state index contributed by atoms with van der Waals surface area (Å²) >= 11 is 0. The molecule has 1 unspecified atom stereocenters. The maximum atomic E-state index is 13.6. The topological polar surface area (TPSA) is 81.8 Å². The Labute approximate surface area is 183 Å². The van der Waals surface area contributed by atoms with Gasteiger partial charge in [-0.15, -0.1) is 0 Å². The third kappa shape index (κ3) is 5.44. The molecule has 0 saturated carbocycles. The highest BCUT2D eigenvalue weighted by atomic mass is 19.2. The van der Waals surface area contributed by atoms with Gasteiger partial charge < -0.3 is 15.5 Å². The van der Waals surface area contributed by atoms with Crippen LogP contribution in [0.15, 0.2) is 42.5 Å². The van der Waals surface area contributed by atoms with Crippen LogP contribution < -0.4 is 10.6 Å². The number of amides is 3. The Bertz CT molecular complexity index is 995. The summed E-state index contributed by atoms with van der Waals surface area (Å²) in [6, 6.07) is 9.97. The smallest absolute Gasteiger partial charge is 0.253 e. The zero-order valence-electron chi connectivity index (χ0n) is 17.4. The molecule has 0 aliphatic carbocycles. The number of benzene rings is 2. The van der Waals surface area contributed by atoms with Gasteiger partial charge in [0.05, 0.1) is 18.3 Å². The van der Waals surface area contributed by atoms with Gasteiger partial charge in [0.15, 0.2) is 17.5 Å². The molecule has 2 aromatic carbocycles. The van der Waals surface area contributed by atoms with Crippen LogP contribution in [0, 0.1) is 17.5 Å². The van der Waals surface area contributed by atoms with Crippen LogP contribution in [0.3, 0.4) is 0 Å². The van der Waals surface area contributed by atoms with Gasteiger partial charge in [-0.05, 0) is 31.2 Å². The maximum absolute atomic E-state index is 13.6. The van der Waals surface area contributed by atoms with Gasteiger partial charge in [0, 0.05) is 31.7 Å². The Hall–Kier alpha value is -3.40. The molecule has 0 spiro atoms. The predicted molar refractivity (Wildman–Crippen MR) is 111 cm³/mol. The number of hydrogen-bond donors (Lipinski definition) is 2. The summed E-state index contributed by atoms with van der Waals surface area (Å²) in [6.45, 7) is 3.10. The number of halogens is 3. The van der Waals surface area contributed by atoms with Crippen molar-refractivity contribution in [1.82, 2.24) is 15.1 Å². The van der Waals surface area contributed by atoms with Gasteiger partial charge >= 0.3 is 0 Å². The first-order valence-electron chi connectivity index (χ1n) is 10.1. The molecule has 1 aliphatic rings. The van der Waals surface area contributed by atoms with Crippen LogP contribution in [0.25, 0.3) is 0 Å². The fraction of sp³-hybridized carbons (Fsp3) is 0.318. The lowest BCUT2D eigenvalue weighted by Crippen LogP contribution is -2.55. The van der Waals surface area contributed by atoms with E-state index in [9.17, 15) is 27.6 Å². The van der Waals surface area contributed by atoms with Crippen molar-refractivity contribution in [2.45, 2.75) is 13.0 Å². The number of rotatable bonds is 6. The van der Waals surface area contributed by atoms with E-state index in [0.29, 0.717) is 37.8 Å². The monoisotopic (exact) mass is 448 g/mol. The second-order valence-electron chi connectivity index (χ2n) is 7.36. The number of carbonyl (C=O) groups excluding carboxylic acids is 3. The molecule has 32 heavy (non-hydrogen) atoms. The van der Waals surface area contributed by atoms with Gasteiger partial charge in [-0.25, -0.2) is 13.2 Å². The minimum Gasteiger partial charge on any atom is -0.346 e. The summed E-state index contributed by atoms with van der Waals surface area (Å²) in [5.41, 5.74) is 0.0885. The molecular formula is C22H23F3N4O3.